The number of aryl methyl sites for hydroxylation is 1. The van der Waals surface area contributed by atoms with E-state index in [1.54, 1.807) is 6.07 Å². The number of benzene rings is 1. The average Bonchev–Trinajstić information content (AvgIpc) is 3.00. The molecule has 2 unspecified atom stereocenters. The third kappa shape index (κ3) is 3.29. The molecule has 0 heterocycles. The van der Waals surface area contributed by atoms with E-state index in [9.17, 15) is 4.39 Å². The van der Waals surface area contributed by atoms with Crippen molar-refractivity contribution in [2.24, 2.45) is 11.8 Å². The average molecular weight is 235 g/mol. The zero-order chi connectivity index (χ0) is 12.4. The lowest BCUT2D eigenvalue weighted by Gasteiger charge is -2.07. The maximum absolute atomic E-state index is 13.7. The van der Waals surface area contributed by atoms with Crippen LogP contribution in [0.4, 0.5) is 4.39 Å². The van der Waals surface area contributed by atoms with Gasteiger partial charge in [-0.2, -0.15) is 0 Å². The van der Waals surface area contributed by atoms with Gasteiger partial charge in [0.25, 0.3) is 0 Å². The Morgan fingerprint density at radius 2 is 2.18 bits per heavy atom. The highest BCUT2D eigenvalue weighted by Gasteiger charge is 2.39. The fourth-order valence-electron chi connectivity index (χ4n) is 2.36. The van der Waals surface area contributed by atoms with Gasteiger partial charge in [-0.1, -0.05) is 31.5 Å². The number of nitrogens with one attached hydrogen (secondary N) is 1. The largest absolute Gasteiger partial charge is 0.316 e. The van der Waals surface area contributed by atoms with Gasteiger partial charge in [0.05, 0.1) is 0 Å². The summed E-state index contributed by atoms with van der Waals surface area (Å²) in [4.78, 5) is 0. The third-order valence-corrected chi connectivity index (χ3v) is 3.43. The fraction of sp³-hybridized carbons (Fsp3) is 0.600. The first-order valence-corrected chi connectivity index (χ1v) is 6.54. The minimum Gasteiger partial charge on any atom is -0.316 e. The molecule has 1 aromatic rings. The molecule has 0 bridgehead atoms. The second-order valence-corrected chi connectivity index (χ2v) is 5.68. The van der Waals surface area contributed by atoms with Crippen LogP contribution >= 0.6 is 0 Å². The summed E-state index contributed by atoms with van der Waals surface area (Å²) < 4.78 is 13.7. The Labute approximate surface area is 103 Å². The summed E-state index contributed by atoms with van der Waals surface area (Å²) in [5.41, 5.74) is 2.07. The highest BCUT2D eigenvalue weighted by Crippen LogP contribution is 2.47. The molecule has 1 aliphatic carbocycles. The Kier molecular flexibility index (Phi) is 3.82. The zero-order valence-electron chi connectivity index (χ0n) is 11.0. The fourth-order valence-corrected chi connectivity index (χ4v) is 2.36. The number of halogens is 1. The number of hydrogen-bond acceptors (Lipinski definition) is 1. The van der Waals surface area contributed by atoms with E-state index in [1.807, 2.05) is 19.1 Å². The van der Waals surface area contributed by atoms with Crippen LogP contribution in [0.5, 0.6) is 0 Å². The molecule has 2 heteroatoms. The normalized spacial score (nSPS) is 23.1. The van der Waals surface area contributed by atoms with Crippen LogP contribution in [0.25, 0.3) is 0 Å². The molecule has 0 saturated heterocycles. The summed E-state index contributed by atoms with van der Waals surface area (Å²) in [6, 6.07) is 5.44. The summed E-state index contributed by atoms with van der Waals surface area (Å²) in [6.07, 6.45) is 1.13. The van der Waals surface area contributed by atoms with E-state index >= 15 is 0 Å². The van der Waals surface area contributed by atoms with Gasteiger partial charge in [-0.15, -0.1) is 0 Å². The molecule has 0 radical (unpaired) electrons. The van der Waals surface area contributed by atoms with Crippen LogP contribution < -0.4 is 5.32 Å². The summed E-state index contributed by atoms with van der Waals surface area (Å²) >= 11 is 0. The first-order valence-electron chi connectivity index (χ1n) is 6.54. The Bertz CT molecular complexity index is 387. The first-order chi connectivity index (χ1) is 8.08. The topological polar surface area (TPSA) is 12.0 Å². The predicted molar refractivity (Wildman–Crippen MR) is 69.7 cm³/mol. The zero-order valence-corrected chi connectivity index (χ0v) is 11.0. The van der Waals surface area contributed by atoms with Crippen molar-refractivity contribution in [3.05, 3.63) is 35.1 Å². The summed E-state index contributed by atoms with van der Waals surface area (Å²) in [6.45, 7) is 8.52. The molecule has 17 heavy (non-hydrogen) atoms. The van der Waals surface area contributed by atoms with E-state index in [2.05, 4.69) is 19.2 Å². The van der Waals surface area contributed by atoms with Crippen molar-refractivity contribution >= 4 is 0 Å². The van der Waals surface area contributed by atoms with Crippen molar-refractivity contribution in [3.63, 3.8) is 0 Å². The van der Waals surface area contributed by atoms with Crippen molar-refractivity contribution in [1.29, 1.82) is 0 Å². The van der Waals surface area contributed by atoms with Crippen LogP contribution in [0, 0.1) is 24.6 Å². The van der Waals surface area contributed by atoms with Gasteiger partial charge < -0.3 is 5.32 Å². The molecule has 1 aliphatic rings. The van der Waals surface area contributed by atoms with E-state index in [-0.39, 0.29) is 5.82 Å². The first kappa shape index (κ1) is 12.6. The number of hydrogen-bond donors (Lipinski definition) is 1. The molecule has 1 saturated carbocycles. The van der Waals surface area contributed by atoms with Crippen molar-refractivity contribution in [3.8, 4) is 0 Å². The Hall–Kier alpha value is -0.890. The number of rotatable bonds is 5. The second-order valence-electron chi connectivity index (χ2n) is 5.68. The summed E-state index contributed by atoms with van der Waals surface area (Å²) in [5, 5.41) is 3.46. The molecule has 0 amide bonds. The van der Waals surface area contributed by atoms with Crippen molar-refractivity contribution in [2.45, 2.75) is 33.1 Å². The van der Waals surface area contributed by atoms with Gasteiger partial charge in [-0.25, -0.2) is 4.39 Å². The van der Waals surface area contributed by atoms with Gasteiger partial charge in [0, 0.05) is 0 Å². The van der Waals surface area contributed by atoms with Crippen molar-refractivity contribution in [1.82, 2.24) is 5.32 Å². The minimum absolute atomic E-state index is 0.0352. The smallest absolute Gasteiger partial charge is 0.126 e. The van der Waals surface area contributed by atoms with Gasteiger partial charge in [0.15, 0.2) is 0 Å². The summed E-state index contributed by atoms with van der Waals surface area (Å²) in [5.74, 6) is 1.72. The monoisotopic (exact) mass is 235 g/mol. The molecule has 0 aromatic heterocycles. The van der Waals surface area contributed by atoms with Crippen LogP contribution in [0.1, 0.15) is 37.3 Å². The van der Waals surface area contributed by atoms with E-state index in [1.165, 1.54) is 0 Å². The van der Waals surface area contributed by atoms with E-state index in [0.717, 1.165) is 30.6 Å². The lowest BCUT2D eigenvalue weighted by molar-refractivity contribution is 0.530. The molecule has 2 rings (SSSR count). The molecule has 1 fully saturated rings. The highest BCUT2D eigenvalue weighted by atomic mass is 19.1. The quantitative estimate of drug-likeness (QED) is 0.824. The molecule has 1 aromatic carbocycles. The highest BCUT2D eigenvalue weighted by molar-refractivity contribution is 5.31. The van der Waals surface area contributed by atoms with Crippen molar-refractivity contribution < 1.29 is 4.39 Å². The second kappa shape index (κ2) is 5.18. The van der Waals surface area contributed by atoms with Crippen LogP contribution in [0.15, 0.2) is 18.2 Å². The van der Waals surface area contributed by atoms with Gasteiger partial charge in [-0.3, -0.25) is 0 Å². The predicted octanol–water partition coefficient (Wildman–Crippen LogP) is 3.48. The lowest BCUT2D eigenvalue weighted by atomic mass is 10.1. The van der Waals surface area contributed by atoms with Crippen molar-refractivity contribution in [2.75, 3.05) is 13.1 Å². The van der Waals surface area contributed by atoms with Crippen LogP contribution in [-0.4, -0.2) is 13.1 Å². The lowest BCUT2D eigenvalue weighted by Crippen LogP contribution is -2.22. The third-order valence-electron chi connectivity index (χ3n) is 3.43. The molecule has 1 N–H and O–H groups in total. The van der Waals surface area contributed by atoms with Crippen LogP contribution in [-0.2, 0) is 0 Å². The Balaban J connectivity index is 1.87. The molecule has 94 valence electrons. The van der Waals surface area contributed by atoms with E-state index < -0.39 is 0 Å². The van der Waals surface area contributed by atoms with Gasteiger partial charge in [-0.05, 0) is 55.8 Å². The van der Waals surface area contributed by atoms with Crippen LogP contribution in [0.2, 0.25) is 0 Å². The molecular weight excluding hydrogens is 213 g/mol. The van der Waals surface area contributed by atoms with Gasteiger partial charge in [0.2, 0.25) is 0 Å². The Morgan fingerprint density at radius 1 is 1.41 bits per heavy atom. The molecular formula is C15H22FN. The van der Waals surface area contributed by atoms with Gasteiger partial charge >= 0.3 is 0 Å². The standard InChI is InChI=1S/C15H22FN/c1-10(2)8-17-9-12-7-13(12)14-6-11(3)4-5-15(14)16/h4-6,10,12-13,17H,7-9H2,1-3H3. The molecule has 0 spiro atoms. The maximum atomic E-state index is 13.7. The Morgan fingerprint density at radius 3 is 2.88 bits per heavy atom. The van der Waals surface area contributed by atoms with E-state index in [4.69, 9.17) is 0 Å². The summed E-state index contributed by atoms with van der Waals surface area (Å²) in [7, 11) is 0. The van der Waals surface area contributed by atoms with Crippen LogP contribution in [0.3, 0.4) is 0 Å². The van der Waals surface area contributed by atoms with Gasteiger partial charge in [0.1, 0.15) is 5.82 Å². The maximum Gasteiger partial charge on any atom is 0.126 e. The molecule has 2 atom stereocenters. The minimum atomic E-state index is -0.0352. The molecule has 0 aliphatic heterocycles. The molecule has 1 nitrogen and oxygen atoms in total. The SMILES string of the molecule is Cc1ccc(F)c(C2CC2CNCC(C)C)c1. The van der Waals surface area contributed by atoms with E-state index in [0.29, 0.717) is 17.8 Å².